The predicted octanol–water partition coefficient (Wildman–Crippen LogP) is 2.31. The molecular weight excluding hydrogens is 287 g/mol. The van der Waals surface area contributed by atoms with Gasteiger partial charge in [-0.25, -0.2) is 24.3 Å². The van der Waals surface area contributed by atoms with Gasteiger partial charge in [0.25, 0.3) is 5.56 Å². The van der Waals surface area contributed by atoms with Gasteiger partial charge in [-0.05, 0) is 36.4 Å². The van der Waals surface area contributed by atoms with E-state index in [0.29, 0.717) is 16.6 Å². The number of aromatic nitrogens is 2. The molecule has 0 spiro atoms. The molecule has 0 aliphatic heterocycles. The van der Waals surface area contributed by atoms with Crippen LogP contribution in [-0.4, -0.2) is 15.7 Å². The fraction of sp³-hybridized carbons (Fsp3) is 0. The van der Waals surface area contributed by atoms with Crippen LogP contribution in [0.2, 0.25) is 0 Å². The van der Waals surface area contributed by atoms with Crippen molar-refractivity contribution in [2.75, 3.05) is 10.7 Å². The summed E-state index contributed by atoms with van der Waals surface area (Å²) >= 11 is 0. The number of nitrogens with one attached hydrogen (secondary N) is 2. The highest BCUT2D eigenvalue weighted by Crippen LogP contribution is 2.08. The number of carbonyl (C=O) groups excluding carboxylic acids is 1. The quantitative estimate of drug-likeness (QED) is 0.762. The lowest BCUT2D eigenvalue weighted by Gasteiger charge is -2.09. The van der Waals surface area contributed by atoms with Gasteiger partial charge in [-0.3, -0.25) is 4.79 Å². The van der Waals surface area contributed by atoms with Crippen LogP contribution in [0.4, 0.5) is 14.9 Å². The van der Waals surface area contributed by atoms with Crippen molar-refractivity contribution >= 4 is 22.6 Å². The van der Waals surface area contributed by atoms with Crippen LogP contribution in [-0.2, 0) is 0 Å². The first-order valence-electron chi connectivity index (χ1n) is 6.43. The second-order valence-electron chi connectivity index (χ2n) is 4.51. The SMILES string of the molecule is O=C(Nc1ccc(F)cc1)Nn1cnc2ccccc2c1=O. The van der Waals surface area contributed by atoms with Gasteiger partial charge in [0.15, 0.2) is 0 Å². The molecule has 0 saturated heterocycles. The molecule has 0 unspecified atom stereocenters. The molecular formula is C15H11FN4O2. The van der Waals surface area contributed by atoms with Crippen LogP contribution < -0.4 is 16.3 Å². The van der Waals surface area contributed by atoms with Gasteiger partial charge >= 0.3 is 6.03 Å². The van der Waals surface area contributed by atoms with Crippen molar-refractivity contribution in [3.63, 3.8) is 0 Å². The van der Waals surface area contributed by atoms with Crippen molar-refractivity contribution in [2.24, 2.45) is 0 Å². The second-order valence-corrected chi connectivity index (χ2v) is 4.51. The average Bonchev–Trinajstić information content (AvgIpc) is 2.53. The Kier molecular flexibility index (Phi) is 3.53. The molecule has 0 bridgehead atoms. The summed E-state index contributed by atoms with van der Waals surface area (Å²) in [6, 6.07) is 11.5. The van der Waals surface area contributed by atoms with E-state index in [1.165, 1.54) is 30.6 Å². The van der Waals surface area contributed by atoms with E-state index < -0.39 is 11.8 Å². The van der Waals surface area contributed by atoms with E-state index in [1.54, 1.807) is 24.3 Å². The number of fused-ring (bicyclic) bond motifs is 1. The molecule has 1 heterocycles. The van der Waals surface area contributed by atoms with Crippen LogP contribution in [0.5, 0.6) is 0 Å². The smallest absolute Gasteiger partial charge is 0.307 e. The summed E-state index contributed by atoms with van der Waals surface area (Å²) in [6.45, 7) is 0. The summed E-state index contributed by atoms with van der Waals surface area (Å²) < 4.78 is 13.8. The molecule has 0 aliphatic carbocycles. The van der Waals surface area contributed by atoms with Crippen molar-refractivity contribution in [1.82, 2.24) is 9.66 Å². The molecule has 0 aliphatic rings. The Bertz CT molecular complexity index is 890. The minimum Gasteiger partial charge on any atom is -0.307 e. The van der Waals surface area contributed by atoms with Crippen molar-refractivity contribution in [3.05, 3.63) is 71.0 Å². The van der Waals surface area contributed by atoms with Crippen LogP contribution in [0.1, 0.15) is 0 Å². The molecule has 110 valence electrons. The highest BCUT2D eigenvalue weighted by atomic mass is 19.1. The third kappa shape index (κ3) is 2.78. The first-order valence-corrected chi connectivity index (χ1v) is 6.43. The molecule has 7 heteroatoms. The molecule has 6 nitrogen and oxygen atoms in total. The zero-order valence-corrected chi connectivity index (χ0v) is 11.3. The molecule has 3 rings (SSSR count). The van der Waals surface area contributed by atoms with Crippen molar-refractivity contribution < 1.29 is 9.18 Å². The zero-order valence-electron chi connectivity index (χ0n) is 11.3. The molecule has 1 aromatic heterocycles. The number of hydrogen-bond donors (Lipinski definition) is 2. The van der Waals surface area contributed by atoms with E-state index in [2.05, 4.69) is 15.7 Å². The fourth-order valence-electron chi connectivity index (χ4n) is 1.95. The Labute approximate surface area is 124 Å². The standard InChI is InChI=1S/C15H11FN4O2/c16-10-5-7-11(8-6-10)18-15(22)19-20-9-17-13-4-2-1-3-12(13)14(20)21/h1-9H,(H2,18,19,22). The molecule has 2 amide bonds. The predicted molar refractivity (Wildman–Crippen MR) is 80.8 cm³/mol. The van der Waals surface area contributed by atoms with Gasteiger partial charge in [0.1, 0.15) is 12.1 Å². The molecule has 2 aromatic carbocycles. The molecule has 3 aromatic rings. The Balaban J connectivity index is 1.81. The number of halogens is 1. The van der Waals surface area contributed by atoms with Crippen molar-refractivity contribution in [2.45, 2.75) is 0 Å². The summed E-state index contributed by atoms with van der Waals surface area (Å²) in [5.41, 5.74) is 2.92. The summed E-state index contributed by atoms with van der Waals surface area (Å²) in [5.74, 6) is -0.402. The van der Waals surface area contributed by atoms with Gasteiger partial charge in [0, 0.05) is 5.69 Å². The number of nitrogens with zero attached hydrogens (tertiary/aromatic N) is 2. The maximum Gasteiger partial charge on any atom is 0.338 e. The Morgan fingerprint density at radius 1 is 1.09 bits per heavy atom. The van der Waals surface area contributed by atoms with Gasteiger partial charge < -0.3 is 5.32 Å². The second kappa shape index (κ2) is 5.65. The lowest BCUT2D eigenvalue weighted by molar-refractivity contribution is 0.259. The van der Waals surface area contributed by atoms with E-state index in [1.807, 2.05) is 0 Å². The molecule has 2 N–H and O–H groups in total. The molecule has 0 saturated carbocycles. The van der Waals surface area contributed by atoms with Crippen LogP contribution in [0, 0.1) is 5.82 Å². The fourth-order valence-corrected chi connectivity index (χ4v) is 1.95. The van der Waals surface area contributed by atoms with E-state index in [0.717, 1.165) is 4.68 Å². The van der Waals surface area contributed by atoms with E-state index >= 15 is 0 Å². The van der Waals surface area contributed by atoms with Crippen LogP contribution in [0.15, 0.2) is 59.7 Å². The third-order valence-corrected chi connectivity index (χ3v) is 2.99. The number of urea groups is 1. The Morgan fingerprint density at radius 3 is 2.59 bits per heavy atom. The van der Waals surface area contributed by atoms with Gasteiger partial charge in [-0.15, -0.1) is 0 Å². The average molecular weight is 298 g/mol. The lowest BCUT2D eigenvalue weighted by atomic mass is 10.2. The van der Waals surface area contributed by atoms with Crippen LogP contribution >= 0.6 is 0 Å². The van der Waals surface area contributed by atoms with Crippen LogP contribution in [0.3, 0.4) is 0 Å². The maximum atomic E-state index is 12.8. The molecule has 0 radical (unpaired) electrons. The Hall–Kier alpha value is -3.22. The van der Waals surface area contributed by atoms with Gasteiger partial charge in [0.05, 0.1) is 10.9 Å². The number of hydrogen-bond acceptors (Lipinski definition) is 3. The zero-order chi connectivity index (χ0) is 15.5. The summed E-state index contributed by atoms with van der Waals surface area (Å²) in [7, 11) is 0. The number of rotatable bonds is 2. The largest absolute Gasteiger partial charge is 0.338 e. The van der Waals surface area contributed by atoms with Gasteiger partial charge in [-0.2, -0.15) is 0 Å². The Morgan fingerprint density at radius 2 is 1.82 bits per heavy atom. The minimum atomic E-state index is -0.634. The lowest BCUT2D eigenvalue weighted by Crippen LogP contribution is -2.35. The molecule has 0 atom stereocenters. The molecule has 22 heavy (non-hydrogen) atoms. The first-order chi connectivity index (χ1) is 10.6. The van der Waals surface area contributed by atoms with E-state index in [9.17, 15) is 14.0 Å². The number of carbonyl (C=O) groups is 1. The van der Waals surface area contributed by atoms with Gasteiger partial charge in [-0.1, -0.05) is 12.1 Å². The number of benzene rings is 2. The number of amides is 2. The van der Waals surface area contributed by atoms with E-state index in [4.69, 9.17) is 0 Å². The topological polar surface area (TPSA) is 76.0 Å². The number of anilines is 1. The normalized spacial score (nSPS) is 10.4. The van der Waals surface area contributed by atoms with Crippen LogP contribution in [0.25, 0.3) is 10.9 Å². The summed E-state index contributed by atoms with van der Waals surface area (Å²) in [5, 5.41) is 2.88. The summed E-state index contributed by atoms with van der Waals surface area (Å²) in [4.78, 5) is 28.1. The monoisotopic (exact) mass is 298 g/mol. The van der Waals surface area contributed by atoms with Crippen molar-refractivity contribution in [3.8, 4) is 0 Å². The number of para-hydroxylation sites is 1. The maximum absolute atomic E-state index is 12.8. The highest BCUT2D eigenvalue weighted by molar-refractivity contribution is 5.95. The first kappa shape index (κ1) is 13.7. The minimum absolute atomic E-state index is 0.389. The van der Waals surface area contributed by atoms with E-state index in [-0.39, 0.29) is 5.56 Å². The highest BCUT2D eigenvalue weighted by Gasteiger charge is 2.07. The molecule has 0 fully saturated rings. The van der Waals surface area contributed by atoms with Crippen molar-refractivity contribution in [1.29, 1.82) is 0 Å². The summed E-state index contributed by atoms with van der Waals surface area (Å²) in [6.07, 6.45) is 1.23. The van der Waals surface area contributed by atoms with Gasteiger partial charge in [0.2, 0.25) is 0 Å². The third-order valence-electron chi connectivity index (χ3n) is 2.99.